The van der Waals surface area contributed by atoms with E-state index in [9.17, 15) is 14.4 Å². The molecule has 0 rings (SSSR count). The second-order valence-electron chi connectivity index (χ2n) is 4.86. The van der Waals surface area contributed by atoms with E-state index in [-0.39, 0.29) is 29.2 Å². The molecule has 1 atom stereocenters. The van der Waals surface area contributed by atoms with Crippen LogP contribution in [0.15, 0.2) is 0 Å². The minimum atomic E-state index is -1.16. The maximum Gasteiger partial charge on any atom is 0.326 e. The van der Waals surface area contributed by atoms with Crippen molar-refractivity contribution in [2.75, 3.05) is 5.75 Å². The molecule has 0 aromatic heterocycles. The predicted octanol–water partition coefficient (Wildman–Crippen LogP) is 0.353. The number of rotatable bonds is 7. The van der Waals surface area contributed by atoms with Gasteiger partial charge in [0.25, 0.3) is 0 Å². The summed E-state index contributed by atoms with van der Waals surface area (Å²) in [5.41, 5.74) is 4.94. The van der Waals surface area contributed by atoms with E-state index >= 15 is 0 Å². The Morgan fingerprint density at radius 1 is 1.33 bits per heavy atom. The molecule has 0 aromatic carbocycles. The molecule has 104 valence electrons. The normalized spacial score (nSPS) is 12.8. The third-order valence-corrected chi connectivity index (χ3v) is 3.22. The maximum atomic E-state index is 11.5. The zero-order valence-electron chi connectivity index (χ0n) is 10.9. The van der Waals surface area contributed by atoms with E-state index in [1.165, 1.54) is 11.8 Å². The number of nitrogens with one attached hydrogen (secondary N) is 1. The van der Waals surface area contributed by atoms with E-state index in [0.29, 0.717) is 0 Å². The molecule has 6 nitrogen and oxygen atoms in total. The minimum absolute atomic E-state index is 0.0105. The van der Waals surface area contributed by atoms with Crippen LogP contribution in [0.4, 0.5) is 0 Å². The van der Waals surface area contributed by atoms with Crippen molar-refractivity contribution in [3.8, 4) is 0 Å². The van der Waals surface area contributed by atoms with Crippen molar-refractivity contribution in [1.29, 1.82) is 0 Å². The second-order valence-corrected chi connectivity index (χ2v) is 6.67. The first-order chi connectivity index (χ1) is 8.11. The van der Waals surface area contributed by atoms with Crippen molar-refractivity contribution < 1.29 is 19.5 Å². The summed E-state index contributed by atoms with van der Waals surface area (Å²) in [5.74, 6) is -1.92. The summed E-state index contributed by atoms with van der Waals surface area (Å²) in [6, 6.07) is -1.06. The van der Waals surface area contributed by atoms with Gasteiger partial charge in [0.2, 0.25) is 11.8 Å². The van der Waals surface area contributed by atoms with Crippen LogP contribution in [0.3, 0.4) is 0 Å². The molecular formula is C11H20N2O4S. The molecule has 0 aromatic rings. The van der Waals surface area contributed by atoms with Gasteiger partial charge in [-0.2, -0.15) is 0 Å². The molecule has 0 unspecified atom stereocenters. The van der Waals surface area contributed by atoms with Crippen molar-refractivity contribution in [2.45, 2.75) is 44.4 Å². The average molecular weight is 276 g/mol. The van der Waals surface area contributed by atoms with Crippen molar-refractivity contribution >= 4 is 29.5 Å². The zero-order valence-corrected chi connectivity index (χ0v) is 11.7. The van der Waals surface area contributed by atoms with Crippen molar-refractivity contribution in [3.63, 3.8) is 0 Å². The fourth-order valence-corrected chi connectivity index (χ4v) is 1.71. The van der Waals surface area contributed by atoms with Gasteiger partial charge in [0.05, 0.1) is 5.75 Å². The van der Waals surface area contributed by atoms with E-state index in [2.05, 4.69) is 5.32 Å². The molecule has 0 fully saturated rings. The van der Waals surface area contributed by atoms with Crippen LogP contribution < -0.4 is 11.1 Å². The molecular weight excluding hydrogens is 256 g/mol. The summed E-state index contributed by atoms with van der Waals surface area (Å²) in [5, 5.41) is 11.3. The van der Waals surface area contributed by atoms with Crippen LogP contribution in [0.5, 0.6) is 0 Å². The molecule has 0 spiro atoms. The van der Waals surface area contributed by atoms with Crippen LogP contribution in [0.25, 0.3) is 0 Å². The number of carboxylic acids is 1. The maximum absolute atomic E-state index is 11.5. The number of hydrogen-bond donors (Lipinski definition) is 3. The monoisotopic (exact) mass is 276 g/mol. The SMILES string of the molecule is CC(C)(C)SCC(=O)N[C@@H](CCC(N)=O)C(=O)O. The molecule has 0 bridgehead atoms. The Morgan fingerprint density at radius 2 is 1.89 bits per heavy atom. The highest BCUT2D eigenvalue weighted by atomic mass is 32.2. The molecule has 0 aliphatic carbocycles. The van der Waals surface area contributed by atoms with E-state index < -0.39 is 17.9 Å². The van der Waals surface area contributed by atoms with Gasteiger partial charge in [-0.05, 0) is 6.42 Å². The summed E-state index contributed by atoms with van der Waals surface area (Å²) in [4.78, 5) is 33.0. The van der Waals surface area contributed by atoms with Gasteiger partial charge >= 0.3 is 5.97 Å². The number of aliphatic carboxylic acids is 1. The lowest BCUT2D eigenvalue weighted by Crippen LogP contribution is -2.42. The minimum Gasteiger partial charge on any atom is -0.480 e. The highest BCUT2D eigenvalue weighted by Crippen LogP contribution is 2.22. The fourth-order valence-electron chi connectivity index (χ4n) is 1.06. The van der Waals surface area contributed by atoms with Crippen LogP contribution in [-0.4, -0.2) is 39.4 Å². The Balaban J connectivity index is 4.20. The Kier molecular flexibility index (Phi) is 6.75. The van der Waals surface area contributed by atoms with Crippen LogP contribution in [-0.2, 0) is 14.4 Å². The number of carboxylic acid groups (broad SMARTS) is 1. The Labute approximate surface area is 111 Å². The van der Waals surface area contributed by atoms with Crippen LogP contribution in [0.2, 0.25) is 0 Å². The largest absolute Gasteiger partial charge is 0.480 e. The van der Waals surface area contributed by atoms with E-state index in [4.69, 9.17) is 10.8 Å². The Bertz CT molecular complexity index is 325. The highest BCUT2D eigenvalue weighted by Gasteiger charge is 2.21. The fraction of sp³-hybridized carbons (Fsp3) is 0.727. The Morgan fingerprint density at radius 3 is 2.28 bits per heavy atom. The van der Waals surface area contributed by atoms with Crippen molar-refractivity contribution in [2.24, 2.45) is 5.73 Å². The summed E-state index contributed by atoms with van der Waals surface area (Å²) >= 11 is 1.42. The van der Waals surface area contributed by atoms with E-state index in [1.54, 1.807) is 0 Å². The van der Waals surface area contributed by atoms with Gasteiger partial charge in [-0.15, -0.1) is 11.8 Å². The van der Waals surface area contributed by atoms with Gasteiger partial charge < -0.3 is 16.2 Å². The molecule has 2 amide bonds. The molecule has 0 aliphatic rings. The zero-order chi connectivity index (χ0) is 14.3. The molecule has 4 N–H and O–H groups in total. The van der Waals surface area contributed by atoms with Crippen molar-refractivity contribution in [3.05, 3.63) is 0 Å². The second kappa shape index (κ2) is 7.25. The standard InChI is InChI=1S/C11H20N2O4S/c1-11(2,3)18-6-9(15)13-7(10(16)17)4-5-8(12)14/h7H,4-6H2,1-3H3,(H2,12,14)(H,13,15)(H,16,17)/t7-/m0/s1. The van der Waals surface area contributed by atoms with Crippen LogP contribution >= 0.6 is 11.8 Å². The third-order valence-electron chi connectivity index (χ3n) is 1.95. The molecule has 0 saturated heterocycles. The first-order valence-electron chi connectivity index (χ1n) is 5.56. The lowest BCUT2D eigenvalue weighted by Gasteiger charge is -2.18. The first-order valence-corrected chi connectivity index (χ1v) is 6.55. The molecule has 7 heteroatoms. The average Bonchev–Trinajstić information content (AvgIpc) is 2.19. The third kappa shape index (κ3) is 8.86. The van der Waals surface area contributed by atoms with Gasteiger partial charge in [-0.3, -0.25) is 9.59 Å². The molecule has 0 radical (unpaired) electrons. The number of nitrogens with two attached hydrogens (primary N) is 1. The lowest BCUT2D eigenvalue weighted by molar-refractivity contribution is -0.141. The topological polar surface area (TPSA) is 109 Å². The predicted molar refractivity (Wildman–Crippen MR) is 70.2 cm³/mol. The van der Waals surface area contributed by atoms with Crippen molar-refractivity contribution in [1.82, 2.24) is 5.32 Å². The van der Waals surface area contributed by atoms with Crippen LogP contribution in [0, 0.1) is 0 Å². The number of hydrogen-bond acceptors (Lipinski definition) is 4. The molecule has 0 heterocycles. The highest BCUT2D eigenvalue weighted by molar-refractivity contribution is 8.01. The molecule has 0 aliphatic heterocycles. The number of primary amides is 1. The number of carbonyl (C=O) groups excluding carboxylic acids is 2. The summed E-state index contributed by atoms with van der Waals surface area (Å²) in [6.07, 6.45) is -0.0553. The summed E-state index contributed by atoms with van der Waals surface area (Å²) < 4.78 is -0.0662. The van der Waals surface area contributed by atoms with Gasteiger partial charge in [0.1, 0.15) is 6.04 Å². The van der Waals surface area contributed by atoms with E-state index in [0.717, 1.165) is 0 Å². The van der Waals surface area contributed by atoms with Crippen LogP contribution in [0.1, 0.15) is 33.6 Å². The lowest BCUT2D eigenvalue weighted by atomic mass is 10.1. The van der Waals surface area contributed by atoms with E-state index in [1.807, 2.05) is 20.8 Å². The number of carbonyl (C=O) groups is 3. The first kappa shape index (κ1) is 16.8. The summed E-state index contributed by atoms with van der Waals surface area (Å²) in [7, 11) is 0. The number of thioether (sulfide) groups is 1. The van der Waals surface area contributed by atoms with Gasteiger partial charge in [0, 0.05) is 11.2 Å². The number of amides is 2. The quantitative estimate of drug-likeness (QED) is 0.621. The Hall–Kier alpha value is -1.24. The molecule has 0 saturated carbocycles. The smallest absolute Gasteiger partial charge is 0.326 e. The van der Waals surface area contributed by atoms with Gasteiger partial charge in [0.15, 0.2) is 0 Å². The molecule has 18 heavy (non-hydrogen) atoms. The van der Waals surface area contributed by atoms with Gasteiger partial charge in [-0.25, -0.2) is 4.79 Å². The van der Waals surface area contributed by atoms with Gasteiger partial charge in [-0.1, -0.05) is 20.8 Å². The summed E-state index contributed by atoms with van der Waals surface area (Å²) in [6.45, 7) is 5.89.